The minimum Gasteiger partial charge on any atom is -0.453 e. The zero-order valence-electron chi connectivity index (χ0n) is 35.9. The first-order valence-corrected chi connectivity index (χ1v) is 21.7. The molecule has 0 bridgehead atoms. The number of nitrogens with zero attached hydrogens (tertiary/aromatic N) is 3. The van der Waals surface area contributed by atoms with Crippen molar-refractivity contribution in [2.45, 2.75) is 103 Å². The van der Waals surface area contributed by atoms with E-state index >= 15 is 0 Å². The van der Waals surface area contributed by atoms with Crippen molar-refractivity contribution >= 4 is 46.6 Å². The molecule has 1 aromatic heterocycles. The summed E-state index contributed by atoms with van der Waals surface area (Å²) in [6.07, 6.45) is 4.98. The highest BCUT2D eigenvalue weighted by Gasteiger charge is 2.43. The van der Waals surface area contributed by atoms with Gasteiger partial charge in [0.15, 0.2) is 0 Å². The summed E-state index contributed by atoms with van der Waals surface area (Å²) in [4.78, 5) is 76.9. The maximum Gasteiger partial charge on any atom is 0.407 e. The van der Waals surface area contributed by atoms with Crippen LogP contribution in [-0.2, 0) is 30.3 Å². The van der Waals surface area contributed by atoms with Crippen molar-refractivity contribution in [3.05, 3.63) is 71.5 Å². The van der Waals surface area contributed by atoms with Crippen LogP contribution in [-0.4, -0.2) is 95.1 Å². The number of hydrogen-bond acceptors (Lipinski definition) is 8. The first-order valence-electron chi connectivity index (χ1n) is 21.7. The van der Waals surface area contributed by atoms with Gasteiger partial charge in [-0.05, 0) is 126 Å². The largest absolute Gasteiger partial charge is 0.453 e. The average molecular weight is 832 g/mol. The van der Waals surface area contributed by atoms with E-state index in [2.05, 4.69) is 63.4 Å². The first kappa shape index (κ1) is 41.8. The molecular formula is C47H57N7O7. The predicted octanol–water partition coefficient (Wildman–Crippen LogP) is 7.30. The number of hydrogen-bond donors (Lipinski definition) is 4. The maximum absolute atomic E-state index is 13.8. The number of ether oxygens (including phenoxy) is 2. The van der Waals surface area contributed by atoms with Crippen LogP contribution in [0.15, 0.2) is 54.6 Å². The van der Waals surface area contributed by atoms with E-state index in [4.69, 9.17) is 14.5 Å². The van der Waals surface area contributed by atoms with Crippen LogP contribution in [0.25, 0.3) is 33.3 Å². The summed E-state index contributed by atoms with van der Waals surface area (Å²) in [6, 6.07) is 16.5. The Morgan fingerprint density at radius 3 is 2.00 bits per heavy atom. The number of fused-ring (bicyclic) bond motifs is 4. The van der Waals surface area contributed by atoms with E-state index in [1.807, 2.05) is 44.7 Å². The van der Waals surface area contributed by atoms with Crippen LogP contribution in [0.2, 0.25) is 0 Å². The molecule has 0 spiro atoms. The van der Waals surface area contributed by atoms with Crippen LogP contribution in [0, 0.1) is 17.8 Å². The summed E-state index contributed by atoms with van der Waals surface area (Å²) in [5.74, 6) is 0.925. The molecular weight excluding hydrogens is 775 g/mol. The predicted molar refractivity (Wildman–Crippen MR) is 232 cm³/mol. The third-order valence-electron chi connectivity index (χ3n) is 13.4. The van der Waals surface area contributed by atoms with Crippen LogP contribution in [0.4, 0.5) is 15.3 Å². The van der Waals surface area contributed by atoms with E-state index < -0.39 is 30.3 Å². The number of imidazole rings is 1. The van der Waals surface area contributed by atoms with E-state index in [-0.39, 0.29) is 35.6 Å². The van der Waals surface area contributed by atoms with E-state index in [9.17, 15) is 24.0 Å². The number of nitrogens with one attached hydrogen (secondary N) is 4. The molecule has 2 aliphatic carbocycles. The number of methoxy groups -OCH3 is 2. The summed E-state index contributed by atoms with van der Waals surface area (Å²) in [5.41, 5.74) is 9.86. The molecule has 8 rings (SSSR count). The van der Waals surface area contributed by atoms with Gasteiger partial charge in [-0.3, -0.25) is 14.4 Å². The van der Waals surface area contributed by atoms with Gasteiger partial charge in [-0.15, -0.1) is 0 Å². The lowest BCUT2D eigenvalue weighted by atomic mass is 9.73. The Labute approximate surface area is 356 Å². The van der Waals surface area contributed by atoms with Gasteiger partial charge in [0.05, 0.1) is 31.3 Å². The third-order valence-corrected chi connectivity index (χ3v) is 13.4. The smallest absolute Gasteiger partial charge is 0.407 e. The number of carbonyl (C=O) groups is 5. The zero-order valence-corrected chi connectivity index (χ0v) is 35.9. The second-order valence-electron chi connectivity index (χ2n) is 17.7. The molecule has 6 atom stereocenters. The number of benzene rings is 3. The second-order valence-corrected chi connectivity index (χ2v) is 17.7. The Morgan fingerprint density at radius 1 is 0.738 bits per heavy atom. The number of aromatic nitrogens is 2. The summed E-state index contributed by atoms with van der Waals surface area (Å²) < 4.78 is 9.54. The Kier molecular flexibility index (Phi) is 11.8. The molecule has 61 heavy (non-hydrogen) atoms. The van der Waals surface area contributed by atoms with Gasteiger partial charge in [0.1, 0.15) is 23.9 Å². The molecule has 14 nitrogen and oxygen atoms in total. The van der Waals surface area contributed by atoms with Crippen molar-refractivity contribution in [3.63, 3.8) is 0 Å². The number of carbonyl (C=O) groups excluding carboxylic acids is 5. The normalized spacial score (nSPS) is 21.4. The van der Waals surface area contributed by atoms with Crippen LogP contribution in [0.1, 0.15) is 95.1 Å². The van der Waals surface area contributed by atoms with Crippen molar-refractivity contribution < 1.29 is 33.4 Å². The number of aromatic amines is 1. The Morgan fingerprint density at radius 2 is 1.36 bits per heavy atom. The quantitative estimate of drug-likeness (QED) is 0.122. The van der Waals surface area contributed by atoms with Crippen molar-refractivity contribution in [1.29, 1.82) is 0 Å². The Bertz CT molecular complexity index is 2340. The number of alkyl carbamates (subject to hydrolysis) is 2. The number of rotatable bonds is 11. The van der Waals surface area contributed by atoms with Crippen molar-refractivity contribution in [1.82, 2.24) is 30.4 Å². The van der Waals surface area contributed by atoms with E-state index in [1.54, 1.807) is 4.90 Å². The van der Waals surface area contributed by atoms with Crippen LogP contribution in [0.5, 0.6) is 0 Å². The number of amides is 5. The molecule has 4 aliphatic rings. The van der Waals surface area contributed by atoms with Crippen molar-refractivity contribution in [2.24, 2.45) is 17.8 Å². The molecule has 322 valence electrons. The fourth-order valence-electron chi connectivity index (χ4n) is 9.97. The molecule has 3 unspecified atom stereocenters. The van der Waals surface area contributed by atoms with Gasteiger partial charge in [0, 0.05) is 18.8 Å². The molecule has 4 N–H and O–H groups in total. The number of H-pyrrole nitrogens is 1. The summed E-state index contributed by atoms with van der Waals surface area (Å²) in [7, 11) is 2.56. The van der Waals surface area contributed by atoms with E-state index in [0.29, 0.717) is 43.5 Å². The molecule has 5 amide bonds. The van der Waals surface area contributed by atoms with Crippen molar-refractivity contribution in [2.75, 3.05) is 32.6 Å². The summed E-state index contributed by atoms with van der Waals surface area (Å²) in [6.45, 7) is 8.56. The van der Waals surface area contributed by atoms with Gasteiger partial charge in [-0.2, -0.15) is 0 Å². The molecule has 3 aromatic carbocycles. The van der Waals surface area contributed by atoms with Gasteiger partial charge in [0.25, 0.3) is 0 Å². The molecule has 3 heterocycles. The highest BCUT2D eigenvalue weighted by molar-refractivity contribution is 5.99. The lowest BCUT2D eigenvalue weighted by molar-refractivity contribution is -0.139. The van der Waals surface area contributed by atoms with Gasteiger partial charge in [0.2, 0.25) is 17.7 Å². The molecule has 4 aromatic rings. The minimum absolute atomic E-state index is 0.113. The highest BCUT2D eigenvalue weighted by Crippen LogP contribution is 2.56. The lowest BCUT2D eigenvalue weighted by Gasteiger charge is -2.31. The fraction of sp³-hybridized carbons (Fsp3) is 0.489. The van der Waals surface area contributed by atoms with Gasteiger partial charge >= 0.3 is 12.2 Å². The van der Waals surface area contributed by atoms with Gasteiger partial charge in [-0.25, -0.2) is 14.6 Å². The minimum atomic E-state index is -0.792. The lowest BCUT2D eigenvalue weighted by Crippen LogP contribution is -2.54. The first-order chi connectivity index (χ1) is 29.4. The van der Waals surface area contributed by atoms with E-state index in [1.165, 1.54) is 49.3 Å². The second kappa shape index (κ2) is 17.2. The molecule has 3 fully saturated rings. The van der Waals surface area contributed by atoms with Crippen LogP contribution in [0.3, 0.4) is 0 Å². The highest BCUT2D eigenvalue weighted by atomic mass is 16.5. The molecule has 2 aliphatic heterocycles. The topological polar surface area (TPSA) is 175 Å². The summed E-state index contributed by atoms with van der Waals surface area (Å²) in [5, 5.41) is 8.40. The average Bonchev–Trinajstić information content (AvgIpc) is 4.06. The maximum atomic E-state index is 13.8. The zero-order chi connectivity index (χ0) is 43.1. The standard InChI is InChI=1S/C47H57N7O7/c1-25(2)40(51-46(58)60-5)44(56)53-21-7-9-37(53)42-49-35-20-14-29(24-36(35)50-42)33-19-18-31(34-23-28-13-17-32(28)39(33)34)27-11-15-30(16-12-27)48-43(55)38-10-8-22-54(38)45(57)41(26(3)4)52-47(59)61-6/h11-12,14-16,18-20,24-26,28,32,37-38,40-41H,7-10,13,17,21-23H2,1-6H3,(H,48,55)(H,49,50)(H,51,58)(H,52,59)/t28?,32?,37?,38-,40-,41-/m0/s1. The number of anilines is 1. The number of likely N-dealkylation sites (tertiary alicyclic amines) is 2. The Hall–Kier alpha value is -5.92. The SMILES string of the molecule is COC(=O)N[C@H](C(=O)N1CCCC1c1nc2ccc(-c3ccc(-c4ccc(NC(=O)[C@@H]5CCCN5C(=O)[C@@H](NC(=O)OC)C(C)C)cc4)c4c3C3CCC3C4)cc2[nH]1)C(C)C. The molecule has 0 radical (unpaired) electrons. The van der Waals surface area contributed by atoms with Crippen LogP contribution < -0.4 is 16.0 Å². The molecule has 2 saturated heterocycles. The van der Waals surface area contributed by atoms with Crippen molar-refractivity contribution in [3.8, 4) is 22.3 Å². The van der Waals surface area contributed by atoms with Gasteiger partial charge < -0.3 is 40.2 Å². The van der Waals surface area contributed by atoms with E-state index in [0.717, 1.165) is 47.2 Å². The van der Waals surface area contributed by atoms with Crippen LogP contribution >= 0.6 is 0 Å². The Balaban J connectivity index is 1.00. The molecule has 1 saturated carbocycles. The molecule has 14 heteroatoms. The monoisotopic (exact) mass is 831 g/mol. The fourth-order valence-corrected chi connectivity index (χ4v) is 9.97. The third kappa shape index (κ3) is 8.04. The summed E-state index contributed by atoms with van der Waals surface area (Å²) >= 11 is 0. The van der Waals surface area contributed by atoms with Gasteiger partial charge in [-0.1, -0.05) is 58.0 Å².